The number of nitrogens with zero attached hydrogens (tertiary/aromatic N) is 1. The van der Waals surface area contributed by atoms with Crippen LogP contribution in [0.2, 0.25) is 0 Å². The van der Waals surface area contributed by atoms with E-state index in [-0.39, 0.29) is 0 Å². The Hall–Kier alpha value is -1.54. The Morgan fingerprint density at radius 3 is 2.82 bits per heavy atom. The second-order valence-electron chi connectivity index (χ2n) is 4.39. The highest BCUT2D eigenvalue weighted by molar-refractivity contribution is 5.37. The van der Waals surface area contributed by atoms with Crippen molar-refractivity contribution in [3.63, 3.8) is 0 Å². The fraction of sp³-hybridized carbons (Fsp3) is 0.333. The van der Waals surface area contributed by atoms with Crippen molar-refractivity contribution in [2.45, 2.75) is 26.8 Å². The van der Waals surface area contributed by atoms with E-state index in [1.165, 1.54) is 23.4 Å². The number of hydrogen-bond acceptors (Lipinski definition) is 1. The zero-order valence-corrected chi connectivity index (χ0v) is 10.6. The molecule has 1 aromatic carbocycles. The van der Waals surface area contributed by atoms with Gasteiger partial charge in [-0.05, 0) is 49.7 Å². The predicted molar refractivity (Wildman–Crippen MR) is 72.5 cm³/mol. The van der Waals surface area contributed by atoms with Crippen LogP contribution < -0.4 is 5.32 Å². The smallest absolute Gasteiger partial charge is 0.0455 e. The number of hydrogen-bond donors (Lipinski definition) is 1. The summed E-state index contributed by atoms with van der Waals surface area (Å²) in [6, 6.07) is 12.9. The zero-order valence-electron chi connectivity index (χ0n) is 10.6. The molecule has 0 saturated carbocycles. The Morgan fingerprint density at radius 2 is 2.06 bits per heavy atom. The van der Waals surface area contributed by atoms with Gasteiger partial charge in [0.25, 0.3) is 0 Å². The molecule has 0 radical (unpaired) electrons. The van der Waals surface area contributed by atoms with Crippen molar-refractivity contribution in [3.05, 3.63) is 53.9 Å². The minimum atomic E-state index is 0.925. The highest BCUT2D eigenvalue weighted by Crippen LogP contribution is 2.14. The lowest BCUT2D eigenvalue weighted by Crippen LogP contribution is -2.16. The van der Waals surface area contributed by atoms with E-state index < -0.39 is 0 Å². The van der Waals surface area contributed by atoms with E-state index in [1.54, 1.807) is 0 Å². The van der Waals surface area contributed by atoms with Gasteiger partial charge in [0.2, 0.25) is 0 Å². The molecule has 2 nitrogen and oxygen atoms in total. The van der Waals surface area contributed by atoms with Crippen LogP contribution >= 0.6 is 0 Å². The lowest BCUT2D eigenvalue weighted by Gasteiger charge is -2.10. The van der Waals surface area contributed by atoms with E-state index in [1.807, 2.05) is 0 Å². The number of rotatable bonds is 5. The summed E-state index contributed by atoms with van der Waals surface area (Å²) in [4.78, 5) is 0. The number of aromatic nitrogens is 1. The first-order chi connectivity index (χ1) is 8.31. The molecule has 2 heteroatoms. The quantitative estimate of drug-likeness (QED) is 0.777. The SMILES string of the molecule is CCCNCc1cccn1-c1cccc(C)c1. The van der Waals surface area contributed by atoms with Crippen molar-refractivity contribution in [2.24, 2.45) is 0 Å². The zero-order chi connectivity index (χ0) is 12.1. The first-order valence-corrected chi connectivity index (χ1v) is 6.25. The molecule has 1 heterocycles. The van der Waals surface area contributed by atoms with Crippen LogP contribution in [0.25, 0.3) is 5.69 Å². The van der Waals surface area contributed by atoms with Crippen LogP contribution in [0.1, 0.15) is 24.6 Å². The van der Waals surface area contributed by atoms with E-state index in [2.05, 4.69) is 66.3 Å². The van der Waals surface area contributed by atoms with Crippen LogP contribution in [0.5, 0.6) is 0 Å². The highest BCUT2D eigenvalue weighted by atomic mass is 15.0. The average Bonchev–Trinajstić information content (AvgIpc) is 2.78. The Labute approximate surface area is 103 Å². The summed E-state index contributed by atoms with van der Waals surface area (Å²) in [6.45, 7) is 6.31. The first-order valence-electron chi connectivity index (χ1n) is 6.25. The van der Waals surface area contributed by atoms with E-state index >= 15 is 0 Å². The van der Waals surface area contributed by atoms with Crippen LogP contribution in [-0.4, -0.2) is 11.1 Å². The second kappa shape index (κ2) is 5.69. The maximum absolute atomic E-state index is 3.44. The Kier molecular flexibility index (Phi) is 3.99. The molecular weight excluding hydrogens is 208 g/mol. The molecule has 0 amide bonds. The van der Waals surface area contributed by atoms with Crippen LogP contribution in [0, 0.1) is 6.92 Å². The van der Waals surface area contributed by atoms with Gasteiger partial charge in [-0.1, -0.05) is 19.1 Å². The molecule has 0 aliphatic rings. The second-order valence-corrected chi connectivity index (χ2v) is 4.39. The molecule has 17 heavy (non-hydrogen) atoms. The summed E-state index contributed by atoms with van der Waals surface area (Å²) in [6.07, 6.45) is 3.29. The Balaban J connectivity index is 2.18. The molecule has 0 aliphatic carbocycles. The summed E-state index contributed by atoms with van der Waals surface area (Å²) in [5, 5.41) is 3.44. The molecule has 1 N–H and O–H groups in total. The summed E-state index contributed by atoms with van der Waals surface area (Å²) in [5.74, 6) is 0. The minimum absolute atomic E-state index is 0.925. The third-order valence-corrected chi connectivity index (χ3v) is 2.85. The number of benzene rings is 1. The third kappa shape index (κ3) is 2.98. The van der Waals surface area contributed by atoms with Gasteiger partial charge in [-0.2, -0.15) is 0 Å². The molecule has 0 spiro atoms. The van der Waals surface area contributed by atoms with Crippen molar-refractivity contribution in [1.29, 1.82) is 0 Å². The van der Waals surface area contributed by atoms with Gasteiger partial charge < -0.3 is 9.88 Å². The van der Waals surface area contributed by atoms with Gasteiger partial charge in [0.05, 0.1) is 0 Å². The number of aryl methyl sites for hydroxylation is 1. The first kappa shape index (κ1) is 11.9. The third-order valence-electron chi connectivity index (χ3n) is 2.85. The summed E-state index contributed by atoms with van der Waals surface area (Å²) in [7, 11) is 0. The van der Waals surface area contributed by atoms with Gasteiger partial charge in [0.15, 0.2) is 0 Å². The monoisotopic (exact) mass is 228 g/mol. The largest absolute Gasteiger partial charge is 0.320 e. The molecule has 1 aromatic heterocycles. The van der Waals surface area contributed by atoms with Crippen molar-refractivity contribution >= 4 is 0 Å². The maximum atomic E-state index is 3.44. The van der Waals surface area contributed by atoms with E-state index in [0.29, 0.717) is 0 Å². The fourth-order valence-corrected chi connectivity index (χ4v) is 1.98. The topological polar surface area (TPSA) is 17.0 Å². The van der Waals surface area contributed by atoms with Gasteiger partial charge in [0, 0.05) is 24.1 Å². The van der Waals surface area contributed by atoms with Crippen molar-refractivity contribution in [2.75, 3.05) is 6.54 Å². The molecule has 0 fully saturated rings. The average molecular weight is 228 g/mol. The van der Waals surface area contributed by atoms with Crippen LogP contribution in [-0.2, 0) is 6.54 Å². The predicted octanol–water partition coefficient (Wildman–Crippen LogP) is 3.29. The molecule has 0 saturated heterocycles. The Bertz CT molecular complexity index is 471. The molecule has 2 rings (SSSR count). The lowest BCUT2D eigenvalue weighted by molar-refractivity contribution is 0.656. The van der Waals surface area contributed by atoms with E-state index in [0.717, 1.165) is 13.1 Å². The summed E-state index contributed by atoms with van der Waals surface area (Å²) < 4.78 is 2.25. The minimum Gasteiger partial charge on any atom is -0.320 e. The van der Waals surface area contributed by atoms with Gasteiger partial charge in [-0.25, -0.2) is 0 Å². The van der Waals surface area contributed by atoms with Crippen LogP contribution in [0.15, 0.2) is 42.6 Å². The molecule has 0 atom stereocenters. The number of nitrogens with one attached hydrogen (secondary N) is 1. The van der Waals surface area contributed by atoms with E-state index in [4.69, 9.17) is 0 Å². The van der Waals surface area contributed by atoms with Gasteiger partial charge in [0.1, 0.15) is 0 Å². The standard InChI is InChI=1S/C15H20N2/c1-3-9-16-12-15-8-5-10-17(15)14-7-4-6-13(2)11-14/h4-8,10-11,16H,3,9,12H2,1-2H3. The van der Waals surface area contributed by atoms with E-state index in [9.17, 15) is 0 Å². The van der Waals surface area contributed by atoms with Gasteiger partial charge >= 0.3 is 0 Å². The normalized spacial score (nSPS) is 10.7. The molecule has 0 unspecified atom stereocenters. The molecule has 2 aromatic rings. The van der Waals surface area contributed by atoms with Gasteiger partial charge in [-0.15, -0.1) is 0 Å². The fourth-order valence-electron chi connectivity index (χ4n) is 1.98. The van der Waals surface area contributed by atoms with Gasteiger partial charge in [-0.3, -0.25) is 0 Å². The maximum Gasteiger partial charge on any atom is 0.0455 e. The highest BCUT2D eigenvalue weighted by Gasteiger charge is 2.02. The molecule has 90 valence electrons. The van der Waals surface area contributed by atoms with Crippen LogP contribution in [0.3, 0.4) is 0 Å². The molecular formula is C15H20N2. The molecule has 0 aliphatic heterocycles. The Morgan fingerprint density at radius 1 is 1.18 bits per heavy atom. The summed E-state index contributed by atoms with van der Waals surface area (Å²) in [5.41, 5.74) is 3.84. The van der Waals surface area contributed by atoms with Crippen molar-refractivity contribution in [3.8, 4) is 5.69 Å². The summed E-state index contributed by atoms with van der Waals surface area (Å²) >= 11 is 0. The molecule has 0 bridgehead atoms. The van der Waals surface area contributed by atoms with Crippen molar-refractivity contribution in [1.82, 2.24) is 9.88 Å². The lowest BCUT2D eigenvalue weighted by atomic mass is 10.2. The van der Waals surface area contributed by atoms with Crippen LogP contribution in [0.4, 0.5) is 0 Å². The van der Waals surface area contributed by atoms with Crippen molar-refractivity contribution < 1.29 is 0 Å².